The number of nitriles is 1. The van der Waals surface area contributed by atoms with E-state index in [0.29, 0.717) is 24.5 Å². The molecule has 5 heteroatoms. The van der Waals surface area contributed by atoms with E-state index in [4.69, 9.17) is 9.47 Å². The Morgan fingerprint density at radius 3 is 2.71 bits per heavy atom. The molecule has 0 radical (unpaired) electrons. The molecule has 0 bridgehead atoms. The lowest BCUT2D eigenvalue weighted by molar-refractivity contribution is 0.271. The maximum absolute atomic E-state index is 9.65. The number of hydrogen-bond donors (Lipinski definition) is 0. The van der Waals surface area contributed by atoms with E-state index < -0.39 is 0 Å². The minimum atomic E-state index is 0.542. The van der Waals surface area contributed by atoms with Crippen LogP contribution < -0.4 is 9.47 Å². The molecule has 4 nitrogen and oxygen atoms in total. The summed E-state index contributed by atoms with van der Waals surface area (Å²) in [6.07, 6.45) is 5.19. The summed E-state index contributed by atoms with van der Waals surface area (Å²) in [7, 11) is 0. The van der Waals surface area contributed by atoms with Crippen LogP contribution >= 0.6 is 11.3 Å². The zero-order valence-corrected chi connectivity index (χ0v) is 17.1. The average molecular weight is 393 g/mol. The maximum Gasteiger partial charge on any atom is 0.161 e. The second-order valence-corrected chi connectivity index (χ2v) is 7.38. The molecule has 0 N–H and O–H groups in total. The van der Waals surface area contributed by atoms with Gasteiger partial charge >= 0.3 is 0 Å². The van der Waals surface area contributed by atoms with Gasteiger partial charge in [-0.3, -0.25) is 0 Å². The van der Waals surface area contributed by atoms with Gasteiger partial charge in [-0.05, 0) is 49.2 Å². The fourth-order valence-corrected chi connectivity index (χ4v) is 3.76. The van der Waals surface area contributed by atoms with Crippen molar-refractivity contribution in [1.82, 2.24) is 4.98 Å². The van der Waals surface area contributed by atoms with Crippen LogP contribution in [0.2, 0.25) is 0 Å². The SMILES string of the molecule is CCCCCOc1ccc(/C=C(/C#N)c2nc3ccccc3s2)cc1OCC. The Morgan fingerprint density at radius 1 is 1.11 bits per heavy atom. The Bertz CT molecular complexity index is 968. The molecule has 0 saturated heterocycles. The number of unbranched alkanes of at least 4 members (excludes halogenated alkanes) is 2. The van der Waals surface area contributed by atoms with Crippen molar-refractivity contribution >= 4 is 33.2 Å². The van der Waals surface area contributed by atoms with E-state index in [2.05, 4.69) is 18.0 Å². The number of allylic oxidation sites excluding steroid dienone is 1. The van der Waals surface area contributed by atoms with E-state index in [-0.39, 0.29) is 0 Å². The Labute approximate surface area is 170 Å². The Kier molecular flexibility index (Phi) is 7.05. The molecule has 2 aromatic carbocycles. The van der Waals surface area contributed by atoms with Gasteiger partial charge < -0.3 is 9.47 Å². The van der Waals surface area contributed by atoms with Crippen LogP contribution in [-0.2, 0) is 0 Å². The largest absolute Gasteiger partial charge is 0.490 e. The van der Waals surface area contributed by atoms with Crippen molar-refractivity contribution in [3.63, 3.8) is 0 Å². The van der Waals surface area contributed by atoms with Crippen LogP contribution in [0.25, 0.3) is 21.9 Å². The molecule has 0 amide bonds. The summed E-state index contributed by atoms with van der Waals surface area (Å²) in [6.45, 7) is 5.36. The van der Waals surface area contributed by atoms with Gasteiger partial charge in [-0.2, -0.15) is 5.26 Å². The molecule has 0 aliphatic heterocycles. The van der Waals surface area contributed by atoms with Crippen LogP contribution in [0.4, 0.5) is 0 Å². The monoisotopic (exact) mass is 392 g/mol. The predicted octanol–water partition coefficient (Wildman–Crippen LogP) is 6.33. The fraction of sp³-hybridized carbons (Fsp3) is 0.304. The normalized spacial score (nSPS) is 11.4. The summed E-state index contributed by atoms with van der Waals surface area (Å²) in [5.41, 5.74) is 2.34. The number of rotatable bonds is 9. The summed E-state index contributed by atoms with van der Waals surface area (Å²) in [5.74, 6) is 1.45. The first-order chi connectivity index (χ1) is 13.7. The number of fused-ring (bicyclic) bond motifs is 1. The van der Waals surface area contributed by atoms with Gasteiger partial charge in [0.1, 0.15) is 11.1 Å². The molecule has 1 heterocycles. The van der Waals surface area contributed by atoms with Crippen molar-refractivity contribution < 1.29 is 9.47 Å². The molecule has 0 unspecified atom stereocenters. The molecule has 3 aromatic rings. The second-order valence-electron chi connectivity index (χ2n) is 6.35. The van der Waals surface area contributed by atoms with Crippen molar-refractivity contribution in [3.8, 4) is 17.6 Å². The van der Waals surface area contributed by atoms with Crippen molar-refractivity contribution in [3.05, 3.63) is 53.0 Å². The highest BCUT2D eigenvalue weighted by Crippen LogP contribution is 2.32. The maximum atomic E-state index is 9.65. The number of aromatic nitrogens is 1. The topological polar surface area (TPSA) is 55.1 Å². The average Bonchev–Trinajstić information content (AvgIpc) is 3.15. The molecular weight excluding hydrogens is 368 g/mol. The van der Waals surface area contributed by atoms with Gasteiger partial charge in [-0.15, -0.1) is 11.3 Å². The first kappa shape index (κ1) is 19.9. The van der Waals surface area contributed by atoms with Crippen molar-refractivity contribution in [1.29, 1.82) is 5.26 Å². The lowest BCUT2D eigenvalue weighted by Gasteiger charge is -2.12. The van der Waals surface area contributed by atoms with Crippen LogP contribution in [-0.4, -0.2) is 18.2 Å². The first-order valence-corrected chi connectivity index (χ1v) is 10.4. The number of nitrogens with zero attached hydrogens (tertiary/aromatic N) is 2. The molecule has 144 valence electrons. The standard InChI is InChI=1S/C23H24N2O2S/c1-3-5-8-13-27-20-12-11-17(15-21(20)26-4-2)14-18(16-24)23-25-19-9-6-7-10-22(19)28-23/h6-7,9-12,14-15H,3-5,8,13H2,1-2H3/b18-14-. The molecular formula is C23H24N2O2S. The van der Waals surface area contributed by atoms with E-state index in [1.807, 2.05) is 55.5 Å². The van der Waals surface area contributed by atoms with Gasteiger partial charge in [0.05, 0.1) is 29.0 Å². The van der Waals surface area contributed by atoms with Crippen LogP contribution in [0.15, 0.2) is 42.5 Å². The molecule has 0 fully saturated rings. The number of hydrogen-bond acceptors (Lipinski definition) is 5. The minimum absolute atomic E-state index is 0.542. The summed E-state index contributed by atoms with van der Waals surface area (Å²) in [6, 6.07) is 16.0. The van der Waals surface area contributed by atoms with Crippen LogP contribution in [0.3, 0.4) is 0 Å². The van der Waals surface area contributed by atoms with Crippen LogP contribution in [0, 0.1) is 11.3 Å². The van der Waals surface area contributed by atoms with Crippen LogP contribution in [0.1, 0.15) is 43.7 Å². The lowest BCUT2D eigenvalue weighted by atomic mass is 10.1. The summed E-state index contributed by atoms with van der Waals surface area (Å²) < 4.78 is 12.7. The van der Waals surface area contributed by atoms with Crippen molar-refractivity contribution in [2.24, 2.45) is 0 Å². The van der Waals surface area contributed by atoms with Gasteiger partial charge in [-0.25, -0.2) is 4.98 Å². The number of benzene rings is 2. The minimum Gasteiger partial charge on any atom is -0.490 e. The summed E-state index contributed by atoms with van der Waals surface area (Å²) >= 11 is 1.52. The van der Waals surface area contributed by atoms with Gasteiger partial charge in [-0.1, -0.05) is 38.0 Å². The van der Waals surface area contributed by atoms with E-state index in [9.17, 15) is 5.26 Å². The number of ether oxygens (including phenoxy) is 2. The quantitative estimate of drug-likeness (QED) is 0.315. The highest BCUT2D eigenvalue weighted by Gasteiger charge is 2.10. The molecule has 0 saturated carbocycles. The van der Waals surface area contributed by atoms with E-state index >= 15 is 0 Å². The highest BCUT2D eigenvalue weighted by molar-refractivity contribution is 7.19. The highest BCUT2D eigenvalue weighted by atomic mass is 32.1. The van der Waals surface area contributed by atoms with Gasteiger partial charge in [0.15, 0.2) is 11.5 Å². The second kappa shape index (κ2) is 9.91. The smallest absolute Gasteiger partial charge is 0.161 e. The Hall–Kier alpha value is -2.84. The molecule has 3 rings (SSSR count). The summed E-state index contributed by atoms with van der Waals surface area (Å²) in [5, 5.41) is 10.4. The zero-order valence-electron chi connectivity index (χ0n) is 16.3. The molecule has 0 atom stereocenters. The molecule has 0 aliphatic carbocycles. The van der Waals surface area contributed by atoms with E-state index in [0.717, 1.165) is 45.8 Å². The van der Waals surface area contributed by atoms with Gasteiger partial charge in [0, 0.05) is 0 Å². The third kappa shape index (κ3) is 4.90. The third-order valence-electron chi connectivity index (χ3n) is 4.23. The summed E-state index contributed by atoms with van der Waals surface area (Å²) in [4.78, 5) is 4.59. The predicted molar refractivity (Wildman–Crippen MR) is 116 cm³/mol. The third-order valence-corrected chi connectivity index (χ3v) is 5.30. The zero-order chi connectivity index (χ0) is 19.8. The molecule has 28 heavy (non-hydrogen) atoms. The lowest BCUT2D eigenvalue weighted by Crippen LogP contribution is -2.01. The number of thiazole rings is 1. The molecule has 0 aliphatic rings. The van der Waals surface area contributed by atoms with Gasteiger partial charge in [0.25, 0.3) is 0 Å². The first-order valence-electron chi connectivity index (χ1n) is 9.62. The van der Waals surface area contributed by atoms with Crippen molar-refractivity contribution in [2.45, 2.75) is 33.1 Å². The van der Waals surface area contributed by atoms with E-state index in [1.54, 1.807) is 0 Å². The Morgan fingerprint density at radius 2 is 1.96 bits per heavy atom. The van der Waals surface area contributed by atoms with Crippen LogP contribution in [0.5, 0.6) is 11.5 Å². The van der Waals surface area contributed by atoms with E-state index in [1.165, 1.54) is 11.3 Å². The van der Waals surface area contributed by atoms with Crippen molar-refractivity contribution in [2.75, 3.05) is 13.2 Å². The molecule has 1 aromatic heterocycles. The number of para-hydroxylation sites is 1. The Balaban J connectivity index is 1.86. The van der Waals surface area contributed by atoms with Gasteiger partial charge in [0.2, 0.25) is 0 Å². The molecule has 0 spiro atoms. The fourth-order valence-electron chi connectivity index (χ4n) is 2.83.